The number of nitrogens with one attached hydrogen (secondary N) is 2. The molecule has 0 saturated carbocycles. The first-order chi connectivity index (χ1) is 11.1. The zero-order chi connectivity index (χ0) is 16.4. The van der Waals surface area contributed by atoms with Gasteiger partial charge in [-0.15, -0.1) is 0 Å². The predicted molar refractivity (Wildman–Crippen MR) is 88.5 cm³/mol. The van der Waals surface area contributed by atoms with Gasteiger partial charge in [-0.25, -0.2) is 4.79 Å². The molecule has 0 spiro atoms. The zero-order valence-corrected chi connectivity index (χ0v) is 14.0. The third-order valence-corrected chi connectivity index (χ3v) is 4.61. The van der Waals surface area contributed by atoms with Crippen LogP contribution in [0.5, 0.6) is 0 Å². The van der Waals surface area contributed by atoms with Gasteiger partial charge in [-0.2, -0.15) is 10.2 Å². The number of hydrogen-bond donors (Lipinski definition) is 2. The van der Waals surface area contributed by atoms with Gasteiger partial charge in [0.2, 0.25) is 0 Å². The van der Waals surface area contributed by atoms with Crippen molar-refractivity contribution in [1.82, 2.24) is 24.9 Å². The number of carbonyl (C=O) groups excluding carboxylic acids is 1. The summed E-state index contributed by atoms with van der Waals surface area (Å²) in [5.74, 6) is 1.12. The van der Waals surface area contributed by atoms with E-state index in [2.05, 4.69) is 27.5 Å². The summed E-state index contributed by atoms with van der Waals surface area (Å²) in [6, 6.07) is 1.94. The molecule has 1 saturated heterocycles. The molecule has 124 valence electrons. The summed E-state index contributed by atoms with van der Waals surface area (Å²) in [7, 11) is 1.87. The van der Waals surface area contributed by atoms with Crippen molar-refractivity contribution in [3.8, 4) is 0 Å². The van der Waals surface area contributed by atoms with E-state index in [0.29, 0.717) is 12.5 Å². The summed E-state index contributed by atoms with van der Waals surface area (Å²) in [5, 5.41) is 14.5. The Bertz CT molecular complexity index is 675. The Balaban J connectivity index is 1.70. The Morgan fingerprint density at radius 2 is 2.35 bits per heavy atom. The van der Waals surface area contributed by atoms with Crippen LogP contribution in [0, 0.1) is 6.92 Å². The molecule has 7 nitrogen and oxygen atoms in total. The van der Waals surface area contributed by atoms with E-state index in [1.807, 2.05) is 24.9 Å². The van der Waals surface area contributed by atoms with Gasteiger partial charge in [-0.1, -0.05) is 6.92 Å². The highest BCUT2D eigenvalue weighted by molar-refractivity contribution is 5.89. The predicted octanol–water partition coefficient (Wildman–Crippen LogP) is 2.43. The van der Waals surface area contributed by atoms with Gasteiger partial charge in [0.15, 0.2) is 0 Å². The molecule has 2 aromatic heterocycles. The number of piperidine rings is 1. The average Bonchev–Trinajstić information content (AvgIpc) is 3.19. The number of rotatable bonds is 3. The molecule has 2 aromatic rings. The molecule has 0 bridgehead atoms. The number of amides is 2. The average molecular weight is 316 g/mol. The van der Waals surface area contributed by atoms with Crippen molar-refractivity contribution < 1.29 is 4.79 Å². The molecule has 1 atom stereocenters. The van der Waals surface area contributed by atoms with Crippen LogP contribution in [0.25, 0.3) is 0 Å². The summed E-state index contributed by atoms with van der Waals surface area (Å²) in [6.07, 6.45) is 4.71. The highest BCUT2D eigenvalue weighted by Crippen LogP contribution is 2.26. The number of anilines is 1. The van der Waals surface area contributed by atoms with Crippen molar-refractivity contribution in [2.24, 2.45) is 7.05 Å². The first-order valence-corrected chi connectivity index (χ1v) is 8.17. The molecule has 0 radical (unpaired) electrons. The third kappa shape index (κ3) is 3.09. The lowest BCUT2D eigenvalue weighted by molar-refractivity contribution is 0.192. The van der Waals surface area contributed by atoms with Gasteiger partial charge in [0.1, 0.15) is 5.82 Å². The maximum Gasteiger partial charge on any atom is 0.323 e. The number of nitrogens with zero attached hydrogens (tertiary/aromatic N) is 4. The molecule has 1 fully saturated rings. The van der Waals surface area contributed by atoms with E-state index < -0.39 is 0 Å². The normalized spacial score (nSPS) is 18.2. The number of carbonyl (C=O) groups is 1. The molecule has 23 heavy (non-hydrogen) atoms. The lowest BCUT2D eigenvalue weighted by Crippen LogP contribution is -2.42. The minimum absolute atomic E-state index is 0.0528. The van der Waals surface area contributed by atoms with Crippen LogP contribution in [0.4, 0.5) is 10.6 Å². The van der Waals surface area contributed by atoms with Crippen LogP contribution in [0.15, 0.2) is 12.3 Å². The molecular formula is C16H24N6O. The summed E-state index contributed by atoms with van der Waals surface area (Å²) < 4.78 is 1.75. The monoisotopic (exact) mass is 316 g/mol. The number of aryl methyl sites for hydroxylation is 2. The number of hydrogen-bond acceptors (Lipinski definition) is 3. The molecule has 0 aromatic carbocycles. The van der Waals surface area contributed by atoms with E-state index in [4.69, 9.17) is 0 Å². The number of likely N-dealkylation sites (tertiary alicyclic amines) is 1. The largest absolute Gasteiger partial charge is 0.324 e. The smallest absolute Gasteiger partial charge is 0.323 e. The van der Waals surface area contributed by atoms with Crippen LogP contribution in [-0.4, -0.2) is 44.0 Å². The van der Waals surface area contributed by atoms with Crippen molar-refractivity contribution in [1.29, 1.82) is 0 Å². The van der Waals surface area contributed by atoms with Gasteiger partial charge >= 0.3 is 6.03 Å². The molecule has 2 amide bonds. The standard InChI is InChI=1S/C16H24N6O/c1-4-13-11(2)15(21(3)20-13)18-16(23)22-9-5-6-12(10-22)14-7-8-17-19-14/h7-8,12H,4-6,9-10H2,1-3H3,(H,17,19)(H,18,23)/t12-/m0/s1. The molecular weight excluding hydrogens is 292 g/mol. The van der Waals surface area contributed by atoms with Crippen molar-refractivity contribution in [2.75, 3.05) is 18.4 Å². The van der Waals surface area contributed by atoms with E-state index in [0.717, 1.165) is 48.6 Å². The number of aromatic amines is 1. The molecule has 1 aliphatic heterocycles. The van der Waals surface area contributed by atoms with Crippen molar-refractivity contribution in [2.45, 2.75) is 39.0 Å². The summed E-state index contributed by atoms with van der Waals surface area (Å²) >= 11 is 0. The van der Waals surface area contributed by atoms with E-state index in [9.17, 15) is 4.79 Å². The van der Waals surface area contributed by atoms with Gasteiger partial charge in [0.25, 0.3) is 0 Å². The highest BCUT2D eigenvalue weighted by atomic mass is 16.2. The Morgan fingerprint density at radius 3 is 3.00 bits per heavy atom. The summed E-state index contributed by atoms with van der Waals surface area (Å²) in [4.78, 5) is 14.5. The van der Waals surface area contributed by atoms with Crippen LogP contribution in [-0.2, 0) is 13.5 Å². The van der Waals surface area contributed by atoms with Gasteiger partial charge in [-0.05, 0) is 32.3 Å². The van der Waals surface area contributed by atoms with Crippen LogP contribution < -0.4 is 5.32 Å². The van der Waals surface area contributed by atoms with Crippen molar-refractivity contribution in [3.05, 3.63) is 29.2 Å². The minimum atomic E-state index is -0.0528. The maximum absolute atomic E-state index is 12.6. The fraction of sp³-hybridized carbons (Fsp3) is 0.562. The minimum Gasteiger partial charge on any atom is -0.324 e. The molecule has 0 aliphatic carbocycles. The van der Waals surface area contributed by atoms with E-state index in [-0.39, 0.29) is 6.03 Å². The highest BCUT2D eigenvalue weighted by Gasteiger charge is 2.26. The summed E-state index contributed by atoms with van der Waals surface area (Å²) in [5.41, 5.74) is 3.18. The van der Waals surface area contributed by atoms with Crippen LogP contribution in [0.2, 0.25) is 0 Å². The van der Waals surface area contributed by atoms with Gasteiger partial charge in [0.05, 0.1) is 5.69 Å². The molecule has 1 aliphatic rings. The second-order valence-electron chi connectivity index (χ2n) is 6.12. The lowest BCUT2D eigenvalue weighted by Gasteiger charge is -2.32. The molecule has 2 N–H and O–H groups in total. The lowest BCUT2D eigenvalue weighted by atomic mass is 9.95. The zero-order valence-electron chi connectivity index (χ0n) is 14.0. The number of urea groups is 1. The van der Waals surface area contributed by atoms with E-state index in [1.165, 1.54) is 0 Å². The Hall–Kier alpha value is -2.31. The van der Waals surface area contributed by atoms with Crippen LogP contribution in [0.3, 0.4) is 0 Å². The Kier molecular flexibility index (Phi) is 4.36. The van der Waals surface area contributed by atoms with Gasteiger partial charge in [-0.3, -0.25) is 15.1 Å². The fourth-order valence-corrected chi connectivity index (χ4v) is 3.29. The van der Waals surface area contributed by atoms with Crippen molar-refractivity contribution in [3.63, 3.8) is 0 Å². The third-order valence-electron chi connectivity index (χ3n) is 4.61. The Labute approximate surface area is 136 Å². The second-order valence-corrected chi connectivity index (χ2v) is 6.12. The first-order valence-electron chi connectivity index (χ1n) is 8.17. The van der Waals surface area contributed by atoms with Crippen molar-refractivity contribution >= 4 is 11.8 Å². The maximum atomic E-state index is 12.6. The summed E-state index contributed by atoms with van der Waals surface area (Å²) in [6.45, 7) is 5.57. The number of H-pyrrole nitrogens is 1. The second kappa shape index (κ2) is 6.44. The molecule has 0 unspecified atom stereocenters. The van der Waals surface area contributed by atoms with Gasteiger partial charge in [0, 0.05) is 43.5 Å². The quantitative estimate of drug-likeness (QED) is 0.913. The Morgan fingerprint density at radius 1 is 1.52 bits per heavy atom. The SMILES string of the molecule is CCc1nn(C)c(NC(=O)N2CCC[C@H](c3ccn[nH]3)C2)c1C. The van der Waals surface area contributed by atoms with Crippen LogP contribution >= 0.6 is 0 Å². The van der Waals surface area contributed by atoms with E-state index >= 15 is 0 Å². The number of aromatic nitrogens is 4. The molecule has 3 rings (SSSR count). The fourth-order valence-electron chi connectivity index (χ4n) is 3.29. The van der Waals surface area contributed by atoms with Gasteiger partial charge < -0.3 is 4.90 Å². The first kappa shape index (κ1) is 15.6. The van der Waals surface area contributed by atoms with Crippen LogP contribution in [0.1, 0.15) is 42.6 Å². The van der Waals surface area contributed by atoms with E-state index in [1.54, 1.807) is 10.9 Å². The molecule has 3 heterocycles. The molecule has 7 heteroatoms. The topological polar surface area (TPSA) is 78.8 Å².